The number of nitrogens with one attached hydrogen (secondary N) is 1. The molecule has 3 aromatic heterocycles. The summed E-state index contributed by atoms with van der Waals surface area (Å²) in [6.07, 6.45) is 3.17. The van der Waals surface area contributed by atoms with Gasteiger partial charge >= 0.3 is 0 Å². The smallest absolute Gasteiger partial charge is 0.259 e. The number of hydrogen-bond donors (Lipinski definition) is 1. The zero-order chi connectivity index (χ0) is 21.3. The van der Waals surface area contributed by atoms with Crippen LogP contribution in [0.4, 0.5) is 5.69 Å². The summed E-state index contributed by atoms with van der Waals surface area (Å²) in [4.78, 5) is 25.1. The van der Waals surface area contributed by atoms with Crippen molar-refractivity contribution in [3.8, 4) is 17.4 Å². The lowest BCUT2D eigenvalue weighted by Gasteiger charge is -2.09. The molecule has 0 fully saturated rings. The Balaban J connectivity index is 1.46. The average molecular weight is 403 g/mol. The molecule has 3 heterocycles. The fourth-order valence-electron chi connectivity index (χ4n) is 3.03. The van der Waals surface area contributed by atoms with Gasteiger partial charge in [0.25, 0.3) is 5.91 Å². The summed E-state index contributed by atoms with van der Waals surface area (Å²) in [6, 6.07) is 10.5. The van der Waals surface area contributed by atoms with Crippen LogP contribution < -0.4 is 10.1 Å². The Bertz CT molecular complexity index is 1210. The van der Waals surface area contributed by atoms with E-state index in [0.29, 0.717) is 40.2 Å². The van der Waals surface area contributed by atoms with E-state index in [1.807, 2.05) is 25.3 Å². The average Bonchev–Trinajstić information content (AvgIpc) is 3.24. The van der Waals surface area contributed by atoms with Crippen molar-refractivity contribution >= 4 is 11.6 Å². The van der Waals surface area contributed by atoms with Gasteiger partial charge in [0.2, 0.25) is 5.88 Å². The lowest BCUT2D eigenvalue weighted by atomic mass is 10.2. The SMILES string of the molecule is Cc1cc(C(=O)Nc2ccc(Oc3cc(-n4cnc(C)c4C)ncn3)cc2)c(C)o1. The minimum atomic E-state index is -0.218. The second-order valence-electron chi connectivity index (χ2n) is 6.91. The molecule has 0 aliphatic heterocycles. The Kier molecular flexibility index (Phi) is 5.05. The Morgan fingerprint density at radius 2 is 1.80 bits per heavy atom. The van der Waals surface area contributed by atoms with Crippen molar-refractivity contribution in [2.75, 3.05) is 5.32 Å². The van der Waals surface area contributed by atoms with Crippen LogP contribution in [0.25, 0.3) is 5.82 Å². The van der Waals surface area contributed by atoms with Gasteiger partial charge in [-0.3, -0.25) is 9.36 Å². The standard InChI is InChI=1S/C22H21N5O3/c1-13-9-19(16(4)29-13)22(28)26-17-5-7-18(8-6-17)30-21-10-20(23-11-24-21)27-12-25-14(2)15(27)3/h5-12H,1-4H3,(H,26,28). The molecule has 1 aromatic carbocycles. The maximum absolute atomic E-state index is 12.4. The van der Waals surface area contributed by atoms with Gasteiger partial charge < -0.3 is 14.5 Å². The van der Waals surface area contributed by atoms with E-state index in [1.165, 1.54) is 6.33 Å². The number of amides is 1. The van der Waals surface area contributed by atoms with Crippen LogP contribution in [0.15, 0.2) is 53.5 Å². The van der Waals surface area contributed by atoms with Crippen molar-refractivity contribution < 1.29 is 13.9 Å². The summed E-state index contributed by atoms with van der Waals surface area (Å²) in [5.41, 5.74) is 3.11. The summed E-state index contributed by atoms with van der Waals surface area (Å²) in [5.74, 6) is 2.75. The van der Waals surface area contributed by atoms with E-state index in [0.717, 1.165) is 11.4 Å². The zero-order valence-electron chi connectivity index (χ0n) is 17.1. The van der Waals surface area contributed by atoms with Crippen molar-refractivity contribution in [1.82, 2.24) is 19.5 Å². The number of anilines is 1. The highest BCUT2D eigenvalue weighted by Crippen LogP contribution is 2.24. The zero-order valence-corrected chi connectivity index (χ0v) is 17.1. The number of rotatable bonds is 5. The van der Waals surface area contributed by atoms with Gasteiger partial charge in [-0.2, -0.15) is 0 Å². The van der Waals surface area contributed by atoms with Crippen molar-refractivity contribution in [3.05, 3.63) is 77.5 Å². The third kappa shape index (κ3) is 3.93. The maximum atomic E-state index is 12.4. The second kappa shape index (κ2) is 7.82. The Labute approximate surface area is 173 Å². The molecule has 8 nitrogen and oxygen atoms in total. The number of aromatic nitrogens is 4. The molecule has 0 unspecified atom stereocenters. The topological polar surface area (TPSA) is 95.1 Å². The van der Waals surface area contributed by atoms with Crippen molar-refractivity contribution in [1.29, 1.82) is 0 Å². The van der Waals surface area contributed by atoms with Gasteiger partial charge in [0.15, 0.2) is 0 Å². The first-order chi connectivity index (χ1) is 14.4. The normalized spacial score (nSPS) is 10.8. The van der Waals surface area contributed by atoms with E-state index in [1.54, 1.807) is 49.6 Å². The fraction of sp³-hybridized carbons (Fsp3) is 0.182. The predicted octanol–water partition coefficient (Wildman–Crippen LogP) is 4.53. The molecule has 4 aromatic rings. The van der Waals surface area contributed by atoms with Crippen LogP contribution in [0.5, 0.6) is 11.6 Å². The Morgan fingerprint density at radius 3 is 2.43 bits per heavy atom. The lowest BCUT2D eigenvalue weighted by Crippen LogP contribution is -2.11. The van der Waals surface area contributed by atoms with Gasteiger partial charge in [-0.15, -0.1) is 0 Å². The number of benzene rings is 1. The number of nitrogens with zero attached hydrogens (tertiary/aromatic N) is 4. The highest BCUT2D eigenvalue weighted by molar-refractivity contribution is 6.05. The molecule has 30 heavy (non-hydrogen) atoms. The third-order valence-electron chi connectivity index (χ3n) is 4.75. The molecule has 0 saturated carbocycles. The van der Waals surface area contributed by atoms with E-state index < -0.39 is 0 Å². The quantitative estimate of drug-likeness (QED) is 0.526. The molecule has 1 N–H and O–H groups in total. The Morgan fingerprint density at radius 1 is 1.03 bits per heavy atom. The number of aryl methyl sites for hydroxylation is 3. The van der Waals surface area contributed by atoms with Crippen molar-refractivity contribution in [2.24, 2.45) is 0 Å². The largest absolute Gasteiger partial charge is 0.466 e. The highest BCUT2D eigenvalue weighted by atomic mass is 16.5. The highest BCUT2D eigenvalue weighted by Gasteiger charge is 2.14. The maximum Gasteiger partial charge on any atom is 0.259 e. The van der Waals surface area contributed by atoms with Gasteiger partial charge in [-0.1, -0.05) is 0 Å². The monoisotopic (exact) mass is 403 g/mol. The van der Waals surface area contributed by atoms with E-state index in [-0.39, 0.29) is 5.91 Å². The van der Waals surface area contributed by atoms with Crippen LogP contribution in [0.3, 0.4) is 0 Å². The van der Waals surface area contributed by atoms with Crippen LogP contribution in [-0.2, 0) is 0 Å². The first kappa shape index (κ1) is 19.4. The molecular weight excluding hydrogens is 382 g/mol. The van der Waals surface area contributed by atoms with Gasteiger partial charge in [-0.25, -0.2) is 15.0 Å². The Hall–Kier alpha value is -3.94. The van der Waals surface area contributed by atoms with Gasteiger partial charge in [0.1, 0.15) is 35.7 Å². The number of hydrogen-bond acceptors (Lipinski definition) is 6. The molecule has 0 radical (unpaired) electrons. The molecular formula is C22H21N5O3. The van der Waals surface area contributed by atoms with Crippen LogP contribution in [0.1, 0.15) is 33.3 Å². The van der Waals surface area contributed by atoms with Gasteiger partial charge in [-0.05, 0) is 58.0 Å². The van der Waals surface area contributed by atoms with E-state index >= 15 is 0 Å². The molecule has 0 bridgehead atoms. The van der Waals surface area contributed by atoms with Crippen molar-refractivity contribution in [3.63, 3.8) is 0 Å². The number of ether oxygens (including phenoxy) is 1. The first-order valence-electron chi connectivity index (χ1n) is 9.40. The van der Waals surface area contributed by atoms with E-state index in [4.69, 9.17) is 9.15 Å². The van der Waals surface area contributed by atoms with Crippen molar-refractivity contribution in [2.45, 2.75) is 27.7 Å². The van der Waals surface area contributed by atoms with Gasteiger partial charge in [0.05, 0.1) is 11.3 Å². The minimum absolute atomic E-state index is 0.218. The molecule has 4 rings (SSSR count). The second-order valence-corrected chi connectivity index (χ2v) is 6.91. The minimum Gasteiger partial charge on any atom is -0.466 e. The molecule has 0 saturated heterocycles. The molecule has 0 spiro atoms. The number of furan rings is 1. The number of carbonyl (C=O) groups excluding carboxylic acids is 1. The van der Waals surface area contributed by atoms with Crippen LogP contribution in [-0.4, -0.2) is 25.4 Å². The van der Waals surface area contributed by atoms with E-state index in [2.05, 4.69) is 20.3 Å². The first-order valence-corrected chi connectivity index (χ1v) is 9.40. The molecule has 1 amide bonds. The molecule has 0 aliphatic carbocycles. The van der Waals surface area contributed by atoms with Crippen LogP contribution in [0, 0.1) is 27.7 Å². The summed E-state index contributed by atoms with van der Waals surface area (Å²) in [7, 11) is 0. The molecule has 8 heteroatoms. The summed E-state index contributed by atoms with van der Waals surface area (Å²) >= 11 is 0. The van der Waals surface area contributed by atoms with Gasteiger partial charge in [0, 0.05) is 17.4 Å². The number of carbonyl (C=O) groups is 1. The van der Waals surface area contributed by atoms with Crippen LogP contribution >= 0.6 is 0 Å². The number of imidazole rings is 1. The van der Waals surface area contributed by atoms with Crippen LogP contribution in [0.2, 0.25) is 0 Å². The summed E-state index contributed by atoms with van der Waals surface area (Å²) < 4.78 is 13.1. The van der Waals surface area contributed by atoms with E-state index in [9.17, 15) is 4.79 Å². The predicted molar refractivity (Wildman–Crippen MR) is 111 cm³/mol. The molecule has 0 aliphatic rings. The fourth-order valence-corrected chi connectivity index (χ4v) is 3.03. The summed E-state index contributed by atoms with van der Waals surface area (Å²) in [5, 5.41) is 2.85. The summed E-state index contributed by atoms with van der Waals surface area (Å²) in [6.45, 7) is 7.50. The molecule has 0 atom stereocenters. The molecule has 152 valence electrons. The third-order valence-corrected chi connectivity index (χ3v) is 4.75. The lowest BCUT2D eigenvalue weighted by molar-refractivity contribution is 0.102.